The van der Waals surface area contributed by atoms with Gasteiger partial charge in [0, 0.05) is 39.8 Å². The van der Waals surface area contributed by atoms with E-state index in [0.717, 1.165) is 29.5 Å². The highest BCUT2D eigenvalue weighted by Crippen LogP contribution is 2.24. The SMILES string of the molecule is CN(CCN(C[C@H](O)[C@@H](O)[C@H](O)[C@H](O)CO)C[C@H](O)[C@@H](O)[C@H](O)[C@H](O)CO)C(=O)COc1ccc(-c2ccc(CCCCN=C(N)NC(=O)c3nc(Cl)c(N)nc3N)cc2)cc1. The van der Waals surface area contributed by atoms with Crippen molar-refractivity contribution in [1.82, 2.24) is 25.1 Å². The fourth-order valence-electron chi connectivity index (χ4n) is 5.87. The molecule has 22 nitrogen and oxygen atoms in total. The Hall–Kier alpha value is -4.82. The third-order valence-electron chi connectivity index (χ3n) is 9.74. The normalized spacial score (nSPS) is 15.9. The van der Waals surface area contributed by atoms with Crippen LogP contribution in [0.3, 0.4) is 0 Å². The first-order chi connectivity index (χ1) is 29.4. The summed E-state index contributed by atoms with van der Waals surface area (Å²) in [6.07, 6.45) is -12.5. The molecule has 0 aliphatic rings. The van der Waals surface area contributed by atoms with Crippen LogP contribution in [0.4, 0.5) is 11.6 Å². The summed E-state index contributed by atoms with van der Waals surface area (Å²) >= 11 is 5.82. The maximum absolute atomic E-state index is 13.0. The van der Waals surface area contributed by atoms with Crippen LogP contribution in [0.15, 0.2) is 53.5 Å². The van der Waals surface area contributed by atoms with E-state index in [1.54, 1.807) is 12.1 Å². The highest BCUT2D eigenvalue weighted by atomic mass is 35.5. The molecule has 17 N–H and O–H groups in total. The summed E-state index contributed by atoms with van der Waals surface area (Å²) < 4.78 is 5.70. The number of aromatic nitrogens is 2. The van der Waals surface area contributed by atoms with Crippen LogP contribution in [0.25, 0.3) is 11.1 Å². The Morgan fingerprint density at radius 1 is 0.758 bits per heavy atom. The van der Waals surface area contributed by atoms with E-state index in [1.807, 2.05) is 36.4 Å². The summed E-state index contributed by atoms with van der Waals surface area (Å²) in [5, 5.41) is 102. The van der Waals surface area contributed by atoms with Crippen LogP contribution in [0.2, 0.25) is 5.15 Å². The second-order valence-electron chi connectivity index (χ2n) is 14.5. The molecule has 3 aromatic rings. The highest BCUT2D eigenvalue weighted by Gasteiger charge is 2.34. The lowest BCUT2D eigenvalue weighted by atomic mass is 10.0. The Morgan fingerprint density at radius 3 is 1.81 bits per heavy atom. The molecular weight excluding hydrogens is 838 g/mol. The third-order valence-corrected chi connectivity index (χ3v) is 10.0. The largest absolute Gasteiger partial charge is 0.484 e. The van der Waals surface area contributed by atoms with Crippen molar-refractivity contribution in [2.75, 3.05) is 71.1 Å². The minimum absolute atomic E-state index is 0.0242. The van der Waals surface area contributed by atoms with Crippen molar-refractivity contribution in [2.45, 2.75) is 68.1 Å². The molecule has 8 atom stereocenters. The first kappa shape index (κ1) is 51.5. The Balaban J connectivity index is 1.47. The number of guanidine groups is 1. The number of hydrogen-bond donors (Lipinski definition) is 14. The number of carbonyl (C=O) groups excluding carboxylic acids is 2. The minimum atomic E-state index is -1.94. The average molecular weight is 896 g/mol. The van der Waals surface area contributed by atoms with Gasteiger partial charge in [0.2, 0.25) is 0 Å². The Labute approximate surface area is 362 Å². The zero-order valence-corrected chi connectivity index (χ0v) is 34.8. The number of nitrogens with one attached hydrogen (secondary N) is 1. The molecule has 0 fully saturated rings. The van der Waals surface area contributed by atoms with Gasteiger partial charge in [-0.15, -0.1) is 0 Å². The van der Waals surface area contributed by atoms with Crippen LogP contribution >= 0.6 is 11.6 Å². The molecule has 0 radical (unpaired) electrons. The number of aryl methyl sites for hydroxylation is 1. The van der Waals surface area contributed by atoms with Crippen molar-refractivity contribution in [3.8, 4) is 16.9 Å². The number of amides is 2. The molecule has 0 bridgehead atoms. The lowest BCUT2D eigenvalue weighted by Crippen LogP contribution is -2.54. The number of halogens is 1. The minimum Gasteiger partial charge on any atom is -0.484 e. The Morgan fingerprint density at radius 2 is 1.27 bits per heavy atom. The summed E-state index contributed by atoms with van der Waals surface area (Å²) in [5.74, 6) is -1.14. The Kier molecular flexibility index (Phi) is 21.1. The lowest BCUT2D eigenvalue weighted by molar-refractivity contribution is -0.134. The fourth-order valence-corrected chi connectivity index (χ4v) is 6.00. The Bertz CT molecular complexity index is 1850. The number of anilines is 2. The van der Waals surface area contributed by atoms with E-state index >= 15 is 0 Å². The van der Waals surface area contributed by atoms with Crippen molar-refractivity contribution in [1.29, 1.82) is 0 Å². The summed E-state index contributed by atoms with van der Waals surface area (Å²) in [7, 11) is 1.47. The molecule has 0 saturated carbocycles. The molecule has 2 amide bonds. The van der Waals surface area contributed by atoms with Gasteiger partial charge in [-0.25, -0.2) is 9.97 Å². The summed E-state index contributed by atoms with van der Waals surface area (Å²) in [4.78, 5) is 39.7. The van der Waals surface area contributed by atoms with Gasteiger partial charge in [-0.2, -0.15) is 0 Å². The molecule has 2 aromatic carbocycles. The van der Waals surface area contributed by atoms with Crippen LogP contribution in [-0.4, -0.2) is 197 Å². The molecule has 62 heavy (non-hydrogen) atoms. The summed E-state index contributed by atoms with van der Waals surface area (Å²) in [6, 6.07) is 15.1. The smallest absolute Gasteiger partial charge is 0.280 e. The zero-order chi connectivity index (χ0) is 46.1. The number of rotatable bonds is 25. The van der Waals surface area contributed by atoms with E-state index in [9.17, 15) is 50.4 Å². The molecule has 23 heteroatoms. The number of nitrogens with zero attached hydrogens (tertiary/aromatic N) is 5. The molecule has 3 rings (SSSR count). The molecule has 0 unspecified atom stereocenters. The topological polar surface area (TPSA) is 380 Å². The van der Waals surface area contributed by atoms with Crippen LogP contribution in [0.5, 0.6) is 5.75 Å². The van der Waals surface area contributed by atoms with E-state index in [1.165, 1.54) is 16.8 Å². The monoisotopic (exact) mass is 895 g/mol. The fraction of sp³-hybridized carbons (Fsp3) is 0.513. The number of aliphatic hydroxyl groups is 10. The maximum atomic E-state index is 13.0. The molecule has 0 spiro atoms. The first-order valence-corrected chi connectivity index (χ1v) is 19.9. The van der Waals surface area contributed by atoms with Gasteiger partial charge in [-0.1, -0.05) is 48.0 Å². The number of unbranched alkanes of at least 4 members (excludes halogenated alkanes) is 1. The van der Waals surface area contributed by atoms with Crippen LogP contribution in [0, 0.1) is 0 Å². The number of aliphatic imine (C=N–C) groups is 1. The molecule has 0 aliphatic carbocycles. The van der Waals surface area contributed by atoms with E-state index in [-0.39, 0.29) is 48.1 Å². The van der Waals surface area contributed by atoms with Crippen LogP contribution in [-0.2, 0) is 11.2 Å². The van der Waals surface area contributed by atoms with Gasteiger partial charge in [-0.05, 0) is 48.1 Å². The lowest BCUT2D eigenvalue weighted by Gasteiger charge is -2.34. The van der Waals surface area contributed by atoms with Gasteiger partial charge in [0.05, 0.1) is 25.4 Å². The predicted molar refractivity (Wildman–Crippen MR) is 226 cm³/mol. The second-order valence-corrected chi connectivity index (χ2v) is 14.9. The molecule has 0 aliphatic heterocycles. The van der Waals surface area contributed by atoms with E-state index in [2.05, 4.69) is 20.3 Å². The van der Waals surface area contributed by atoms with Gasteiger partial charge in [0.15, 0.2) is 35.0 Å². The number of likely N-dealkylation sites (N-methyl/N-ethyl adjacent to an activating group) is 1. The molecule has 1 heterocycles. The van der Waals surface area contributed by atoms with Crippen molar-refractivity contribution in [3.63, 3.8) is 0 Å². The van der Waals surface area contributed by atoms with Gasteiger partial charge in [-0.3, -0.25) is 24.8 Å². The van der Waals surface area contributed by atoms with E-state index < -0.39 is 86.9 Å². The number of nitrogens with two attached hydrogens (primary N) is 3. The van der Waals surface area contributed by atoms with E-state index in [4.69, 9.17) is 43.8 Å². The van der Waals surface area contributed by atoms with Gasteiger partial charge < -0.3 is 77.9 Å². The summed E-state index contributed by atoms with van der Waals surface area (Å²) in [5.41, 5.74) is 19.8. The number of nitrogen functional groups attached to an aromatic ring is 2. The number of benzene rings is 2. The molecular formula is C39H58ClN9O13. The van der Waals surface area contributed by atoms with Crippen molar-refractivity contribution in [2.24, 2.45) is 10.7 Å². The standard InChI is InChI=1S/C39H58ClN9O13/c1-48(14-15-49(16-25(52)31(57)33(59)27(54)18-50)17-26(53)32(58)34(60)28(55)19-51)29(56)20-62-24-11-9-23(10-12-24)22-7-5-21(6-8-22)4-2-3-13-44-39(43)47-38(61)30-36(41)46-37(42)35(40)45-30/h5-12,25-28,31-34,50-55,57-60H,2-4,13-20H2,1H3,(H4,41,42,46)(H3,43,44,47,61)/t25-,26-,27+,28+,31+,32+,33+,34+/m0/s1. The third kappa shape index (κ3) is 15.8. The highest BCUT2D eigenvalue weighted by molar-refractivity contribution is 6.31. The van der Waals surface area contributed by atoms with Crippen molar-refractivity contribution >= 4 is 41.0 Å². The average Bonchev–Trinajstić information content (AvgIpc) is 3.26. The summed E-state index contributed by atoms with van der Waals surface area (Å²) in [6.45, 7) is -2.83. The number of hydrogen-bond acceptors (Lipinski definition) is 19. The molecule has 0 saturated heterocycles. The van der Waals surface area contributed by atoms with Gasteiger partial charge >= 0.3 is 0 Å². The maximum Gasteiger partial charge on any atom is 0.280 e. The van der Waals surface area contributed by atoms with Crippen LogP contribution in [0.1, 0.15) is 28.9 Å². The van der Waals surface area contributed by atoms with Crippen molar-refractivity contribution in [3.05, 3.63) is 64.9 Å². The van der Waals surface area contributed by atoms with Gasteiger partial charge in [0.25, 0.3) is 11.8 Å². The van der Waals surface area contributed by atoms with E-state index in [0.29, 0.717) is 18.7 Å². The molecule has 344 valence electrons. The second kappa shape index (κ2) is 25.3. The first-order valence-electron chi connectivity index (χ1n) is 19.5. The van der Waals surface area contributed by atoms with Crippen LogP contribution < -0.4 is 27.3 Å². The molecule has 1 aromatic heterocycles. The van der Waals surface area contributed by atoms with Crippen molar-refractivity contribution < 1.29 is 65.4 Å². The number of aliphatic hydroxyl groups excluding tert-OH is 10. The number of ether oxygens (including phenoxy) is 1. The predicted octanol–water partition coefficient (Wildman–Crippen LogP) is -3.96. The quantitative estimate of drug-likeness (QED) is 0.0219. The van der Waals surface area contributed by atoms with Gasteiger partial charge in [0.1, 0.15) is 42.4 Å². The number of carbonyl (C=O) groups is 2. The zero-order valence-electron chi connectivity index (χ0n) is 34.1.